The van der Waals surface area contributed by atoms with Crippen LogP contribution in [0.25, 0.3) is 10.8 Å². The third-order valence-corrected chi connectivity index (χ3v) is 4.59. The number of ether oxygens (including phenoxy) is 1. The number of hydrogen-bond acceptors (Lipinski definition) is 4. The van der Waals surface area contributed by atoms with Crippen LogP contribution in [0.3, 0.4) is 0 Å². The number of guanidine groups is 1. The molecule has 0 spiro atoms. The Morgan fingerprint density at radius 2 is 1.81 bits per heavy atom. The van der Waals surface area contributed by atoms with Gasteiger partial charge in [0.25, 0.3) is 0 Å². The molecule has 0 saturated heterocycles. The second-order valence-corrected chi connectivity index (χ2v) is 7.31. The van der Waals surface area contributed by atoms with Crippen LogP contribution < -0.4 is 15.4 Å². The van der Waals surface area contributed by atoms with E-state index in [0.29, 0.717) is 19.0 Å². The fourth-order valence-corrected chi connectivity index (χ4v) is 3.16. The highest BCUT2D eigenvalue weighted by Crippen LogP contribution is 2.19. The summed E-state index contributed by atoms with van der Waals surface area (Å²) in [5.41, 5.74) is 1.75. The van der Waals surface area contributed by atoms with Gasteiger partial charge in [-0.15, -0.1) is 24.0 Å². The van der Waals surface area contributed by atoms with Gasteiger partial charge in [-0.1, -0.05) is 36.4 Å². The molecule has 1 aromatic heterocycles. The number of rotatable bonds is 8. The molecule has 0 fully saturated rings. The Hall–Kier alpha value is -2.39. The van der Waals surface area contributed by atoms with Crippen molar-refractivity contribution in [2.24, 2.45) is 4.99 Å². The quantitative estimate of drug-likeness (QED) is 0.227. The number of aliphatic imine (C=N–C) groups is 1. The fraction of sp³-hybridized carbons (Fsp3) is 0.333. The SMILES string of the molecule is CCNC(=NCc1nccc2ccccc12)NCC(O)c1ccc(OC(C)C)cc1.I. The van der Waals surface area contributed by atoms with Gasteiger partial charge in [-0.2, -0.15) is 0 Å². The van der Waals surface area contributed by atoms with Gasteiger partial charge in [0.05, 0.1) is 24.4 Å². The number of nitrogens with one attached hydrogen (secondary N) is 2. The largest absolute Gasteiger partial charge is 0.491 e. The zero-order valence-electron chi connectivity index (χ0n) is 18.2. The Morgan fingerprint density at radius 1 is 1.06 bits per heavy atom. The molecule has 166 valence electrons. The van der Waals surface area contributed by atoms with E-state index in [1.54, 1.807) is 0 Å². The number of aromatic nitrogens is 1. The third kappa shape index (κ3) is 7.36. The second-order valence-electron chi connectivity index (χ2n) is 7.31. The molecule has 3 N–H and O–H groups in total. The highest BCUT2D eigenvalue weighted by Gasteiger charge is 2.10. The molecule has 1 unspecified atom stereocenters. The molecule has 0 amide bonds. The van der Waals surface area contributed by atoms with E-state index in [9.17, 15) is 5.11 Å². The summed E-state index contributed by atoms with van der Waals surface area (Å²) < 4.78 is 5.65. The van der Waals surface area contributed by atoms with Gasteiger partial charge in [0.1, 0.15) is 5.75 Å². The lowest BCUT2D eigenvalue weighted by Crippen LogP contribution is -2.39. The molecule has 31 heavy (non-hydrogen) atoms. The van der Waals surface area contributed by atoms with E-state index in [1.165, 1.54) is 0 Å². The molecule has 1 atom stereocenters. The van der Waals surface area contributed by atoms with Gasteiger partial charge in [-0.25, -0.2) is 4.99 Å². The number of benzene rings is 2. The molecule has 1 heterocycles. The normalized spacial score (nSPS) is 12.4. The predicted molar refractivity (Wildman–Crippen MR) is 137 cm³/mol. The first kappa shape index (κ1) is 24.9. The van der Waals surface area contributed by atoms with Crippen molar-refractivity contribution < 1.29 is 9.84 Å². The number of nitrogens with zero attached hydrogens (tertiary/aromatic N) is 2. The molecule has 7 heteroatoms. The molecule has 6 nitrogen and oxygen atoms in total. The van der Waals surface area contributed by atoms with E-state index >= 15 is 0 Å². The number of pyridine rings is 1. The number of halogens is 1. The van der Waals surface area contributed by atoms with Gasteiger partial charge in [-0.3, -0.25) is 4.98 Å². The van der Waals surface area contributed by atoms with Gasteiger partial charge in [-0.05, 0) is 49.9 Å². The van der Waals surface area contributed by atoms with E-state index < -0.39 is 6.10 Å². The second kappa shape index (κ2) is 12.5. The van der Waals surface area contributed by atoms with Crippen LogP contribution in [-0.4, -0.2) is 35.2 Å². The molecule has 3 rings (SSSR count). The highest BCUT2D eigenvalue weighted by atomic mass is 127. The Morgan fingerprint density at radius 3 is 2.52 bits per heavy atom. The summed E-state index contributed by atoms with van der Waals surface area (Å²) in [5, 5.41) is 19.2. The molecule has 0 aliphatic carbocycles. The van der Waals surface area contributed by atoms with Crippen molar-refractivity contribution in [3.05, 3.63) is 72.1 Å². The molecule has 0 aliphatic heterocycles. The van der Waals surface area contributed by atoms with Crippen molar-refractivity contribution in [1.29, 1.82) is 0 Å². The lowest BCUT2D eigenvalue weighted by atomic mass is 10.1. The Kier molecular flexibility index (Phi) is 10.00. The van der Waals surface area contributed by atoms with Gasteiger partial charge in [0, 0.05) is 24.7 Å². The summed E-state index contributed by atoms with van der Waals surface area (Å²) in [6.45, 7) is 7.51. The van der Waals surface area contributed by atoms with E-state index in [1.807, 2.05) is 69.4 Å². The van der Waals surface area contributed by atoms with E-state index in [-0.39, 0.29) is 30.1 Å². The first-order chi connectivity index (χ1) is 14.6. The van der Waals surface area contributed by atoms with Crippen LogP contribution in [0.15, 0.2) is 65.8 Å². The van der Waals surface area contributed by atoms with E-state index in [2.05, 4.69) is 32.7 Å². The third-order valence-electron chi connectivity index (χ3n) is 4.59. The number of hydrogen-bond donors (Lipinski definition) is 3. The maximum absolute atomic E-state index is 10.5. The minimum absolute atomic E-state index is 0. The fourth-order valence-electron chi connectivity index (χ4n) is 3.16. The Balaban J connectivity index is 0.00000341. The van der Waals surface area contributed by atoms with Gasteiger partial charge >= 0.3 is 0 Å². The number of fused-ring (bicyclic) bond motifs is 1. The standard InChI is InChI=1S/C24H30N4O2.HI/c1-4-25-24(27-15-22-21-8-6-5-7-18(21)13-14-26-22)28-16-23(29)19-9-11-20(12-10-19)30-17(2)3;/h5-14,17,23,29H,4,15-16H2,1-3H3,(H2,25,27,28);1H. The summed E-state index contributed by atoms with van der Waals surface area (Å²) in [5.74, 6) is 1.44. The van der Waals surface area contributed by atoms with Crippen molar-refractivity contribution in [3.8, 4) is 5.75 Å². The summed E-state index contributed by atoms with van der Waals surface area (Å²) >= 11 is 0. The van der Waals surface area contributed by atoms with Crippen LogP contribution in [-0.2, 0) is 6.54 Å². The van der Waals surface area contributed by atoms with Crippen molar-refractivity contribution in [3.63, 3.8) is 0 Å². The monoisotopic (exact) mass is 534 g/mol. The van der Waals surface area contributed by atoms with Crippen LogP contribution in [0.5, 0.6) is 5.75 Å². The van der Waals surface area contributed by atoms with Crippen molar-refractivity contribution in [1.82, 2.24) is 15.6 Å². The minimum atomic E-state index is -0.655. The van der Waals surface area contributed by atoms with Crippen LogP contribution in [0.1, 0.15) is 38.1 Å². The van der Waals surface area contributed by atoms with Crippen LogP contribution in [0.4, 0.5) is 0 Å². The van der Waals surface area contributed by atoms with Gasteiger partial charge < -0.3 is 20.5 Å². The molecule has 0 radical (unpaired) electrons. The molecule has 3 aromatic rings. The zero-order valence-corrected chi connectivity index (χ0v) is 20.5. The number of aliphatic hydroxyl groups is 1. The lowest BCUT2D eigenvalue weighted by molar-refractivity contribution is 0.180. The smallest absolute Gasteiger partial charge is 0.191 e. The summed E-state index contributed by atoms with van der Waals surface area (Å²) in [6.07, 6.45) is 1.28. The highest BCUT2D eigenvalue weighted by molar-refractivity contribution is 14.0. The molecular weight excluding hydrogens is 503 g/mol. The summed E-state index contributed by atoms with van der Waals surface area (Å²) in [6, 6.07) is 17.7. The van der Waals surface area contributed by atoms with Crippen molar-refractivity contribution in [2.75, 3.05) is 13.1 Å². The topological polar surface area (TPSA) is 78.8 Å². The average Bonchev–Trinajstić information content (AvgIpc) is 2.75. The van der Waals surface area contributed by atoms with E-state index in [0.717, 1.165) is 34.3 Å². The first-order valence-corrected chi connectivity index (χ1v) is 10.4. The van der Waals surface area contributed by atoms with Crippen LogP contribution in [0, 0.1) is 0 Å². The Labute approximate surface area is 201 Å². The lowest BCUT2D eigenvalue weighted by Gasteiger charge is -2.16. The molecule has 0 saturated carbocycles. The predicted octanol–water partition coefficient (Wildman–Crippen LogP) is 4.43. The number of aliphatic hydroxyl groups excluding tert-OH is 1. The first-order valence-electron chi connectivity index (χ1n) is 10.4. The summed E-state index contributed by atoms with van der Waals surface area (Å²) in [7, 11) is 0. The minimum Gasteiger partial charge on any atom is -0.491 e. The molecule has 0 aliphatic rings. The van der Waals surface area contributed by atoms with Crippen LogP contribution in [0.2, 0.25) is 0 Å². The molecule has 2 aromatic carbocycles. The van der Waals surface area contributed by atoms with Crippen LogP contribution >= 0.6 is 24.0 Å². The van der Waals surface area contributed by atoms with E-state index in [4.69, 9.17) is 4.74 Å². The Bertz CT molecular complexity index is 971. The van der Waals surface area contributed by atoms with Gasteiger partial charge in [0.15, 0.2) is 5.96 Å². The van der Waals surface area contributed by atoms with Crippen molar-refractivity contribution >= 4 is 40.7 Å². The summed E-state index contributed by atoms with van der Waals surface area (Å²) in [4.78, 5) is 9.13. The maximum atomic E-state index is 10.5. The average molecular weight is 534 g/mol. The van der Waals surface area contributed by atoms with Gasteiger partial charge in [0.2, 0.25) is 0 Å². The van der Waals surface area contributed by atoms with Crippen molar-refractivity contribution in [2.45, 2.75) is 39.5 Å². The maximum Gasteiger partial charge on any atom is 0.191 e. The molecule has 0 bridgehead atoms. The zero-order chi connectivity index (χ0) is 21.3. The molecular formula is C24H31IN4O2.